The molecule has 0 saturated heterocycles. The maximum Gasteiger partial charge on any atom is 0.251 e. The van der Waals surface area contributed by atoms with E-state index in [1.54, 1.807) is 24.3 Å². The first kappa shape index (κ1) is 17.5. The van der Waals surface area contributed by atoms with Gasteiger partial charge in [0.15, 0.2) is 0 Å². The monoisotopic (exact) mass is 311 g/mol. The summed E-state index contributed by atoms with van der Waals surface area (Å²) in [6, 6.07) is 6.93. The van der Waals surface area contributed by atoms with Gasteiger partial charge in [-0.1, -0.05) is 6.07 Å². The van der Waals surface area contributed by atoms with Crippen molar-refractivity contribution < 1.29 is 9.59 Å². The van der Waals surface area contributed by atoms with E-state index in [1.807, 2.05) is 13.8 Å². The number of halogens is 1. The van der Waals surface area contributed by atoms with Gasteiger partial charge in [-0.05, 0) is 44.9 Å². The maximum absolute atomic E-state index is 12.0. The van der Waals surface area contributed by atoms with Gasteiger partial charge in [0.2, 0.25) is 5.91 Å². The quantitative estimate of drug-likeness (QED) is 0.777. The van der Waals surface area contributed by atoms with Gasteiger partial charge in [0, 0.05) is 29.3 Å². The number of rotatable bonds is 5. The summed E-state index contributed by atoms with van der Waals surface area (Å²) in [4.78, 5) is 23.7. The molecule has 5 nitrogen and oxygen atoms in total. The van der Waals surface area contributed by atoms with Gasteiger partial charge in [0.25, 0.3) is 5.91 Å². The highest BCUT2D eigenvalue weighted by atomic mass is 35.5. The van der Waals surface area contributed by atoms with E-state index in [1.165, 1.54) is 0 Å². The molecule has 1 aromatic rings. The molecule has 4 N–H and O–H groups in total. The molecule has 1 aromatic carbocycles. The Balaban J connectivity index is 0.00000220. The third-order valence-corrected chi connectivity index (χ3v) is 3.04. The summed E-state index contributed by atoms with van der Waals surface area (Å²) in [6.45, 7) is 4.09. The van der Waals surface area contributed by atoms with Gasteiger partial charge in [0.05, 0.1) is 0 Å². The Morgan fingerprint density at radius 1 is 1.33 bits per heavy atom. The second kappa shape index (κ2) is 6.91. The molecule has 0 bridgehead atoms. The molecule has 1 aliphatic rings. The van der Waals surface area contributed by atoms with Gasteiger partial charge < -0.3 is 16.4 Å². The average molecular weight is 312 g/mol. The first-order chi connectivity index (χ1) is 9.35. The van der Waals surface area contributed by atoms with Gasteiger partial charge >= 0.3 is 0 Å². The number of nitrogens with two attached hydrogens (primary N) is 1. The van der Waals surface area contributed by atoms with Crippen molar-refractivity contribution in [2.75, 3.05) is 11.9 Å². The maximum atomic E-state index is 12.0. The van der Waals surface area contributed by atoms with Crippen LogP contribution in [0.3, 0.4) is 0 Å². The smallest absolute Gasteiger partial charge is 0.251 e. The van der Waals surface area contributed by atoms with Crippen molar-refractivity contribution in [3.8, 4) is 0 Å². The van der Waals surface area contributed by atoms with Crippen LogP contribution in [0.4, 0.5) is 5.69 Å². The van der Waals surface area contributed by atoms with Crippen LogP contribution < -0.4 is 16.4 Å². The number of nitrogens with one attached hydrogen (secondary N) is 2. The normalized spacial score (nSPS) is 14.0. The lowest BCUT2D eigenvalue weighted by molar-refractivity contribution is -0.117. The predicted octanol–water partition coefficient (Wildman–Crippen LogP) is 1.92. The molecule has 2 amide bonds. The third kappa shape index (κ3) is 5.73. The fourth-order valence-electron chi connectivity index (χ4n) is 1.74. The molecule has 0 unspecified atom stereocenters. The predicted molar refractivity (Wildman–Crippen MR) is 85.6 cm³/mol. The molecule has 0 heterocycles. The highest BCUT2D eigenvalue weighted by molar-refractivity contribution is 5.98. The summed E-state index contributed by atoms with van der Waals surface area (Å²) in [6.07, 6.45) is 1.91. The topological polar surface area (TPSA) is 84.2 Å². The fourth-order valence-corrected chi connectivity index (χ4v) is 1.74. The largest absolute Gasteiger partial charge is 0.350 e. The Morgan fingerprint density at radius 3 is 2.57 bits per heavy atom. The minimum Gasteiger partial charge on any atom is -0.350 e. The summed E-state index contributed by atoms with van der Waals surface area (Å²) in [5, 5.41) is 5.61. The van der Waals surface area contributed by atoms with Crippen molar-refractivity contribution in [1.82, 2.24) is 5.32 Å². The standard InChI is InChI=1S/C15H21N3O2.ClH/c1-15(2,16)9-17-13(19)11-4-3-5-12(8-11)18-14(20)10-6-7-10;/h3-5,8,10H,6-7,9,16H2,1-2H3,(H,17,19)(H,18,20);1H. The van der Waals surface area contributed by atoms with Crippen molar-refractivity contribution >= 4 is 29.9 Å². The van der Waals surface area contributed by atoms with E-state index in [-0.39, 0.29) is 30.1 Å². The Labute approximate surface area is 131 Å². The van der Waals surface area contributed by atoms with Crippen LogP contribution in [0.1, 0.15) is 37.0 Å². The number of amides is 2. The first-order valence-corrected chi connectivity index (χ1v) is 6.83. The zero-order chi connectivity index (χ0) is 14.8. The van der Waals surface area contributed by atoms with E-state index in [0.717, 1.165) is 12.8 Å². The van der Waals surface area contributed by atoms with Gasteiger partial charge in [-0.25, -0.2) is 0 Å². The highest BCUT2D eigenvalue weighted by Crippen LogP contribution is 2.30. The Bertz CT molecular complexity index is 522. The van der Waals surface area contributed by atoms with Crippen LogP contribution in [0.25, 0.3) is 0 Å². The molecule has 0 aliphatic heterocycles. The molecule has 0 aromatic heterocycles. The van der Waals surface area contributed by atoms with Crippen molar-refractivity contribution in [2.24, 2.45) is 11.7 Å². The molecule has 0 atom stereocenters. The number of carbonyl (C=O) groups is 2. The van der Waals surface area contributed by atoms with Crippen LogP contribution in [-0.4, -0.2) is 23.9 Å². The second-order valence-electron chi connectivity index (χ2n) is 6.02. The van der Waals surface area contributed by atoms with E-state index >= 15 is 0 Å². The van der Waals surface area contributed by atoms with Crippen molar-refractivity contribution in [3.05, 3.63) is 29.8 Å². The zero-order valence-corrected chi connectivity index (χ0v) is 13.1. The zero-order valence-electron chi connectivity index (χ0n) is 12.3. The molecule has 6 heteroatoms. The molecular formula is C15H22ClN3O2. The Hall–Kier alpha value is -1.59. The summed E-state index contributed by atoms with van der Waals surface area (Å²) in [5.74, 6) is -0.0118. The number of hydrogen-bond acceptors (Lipinski definition) is 3. The lowest BCUT2D eigenvalue weighted by atomic mass is 10.1. The van der Waals surface area contributed by atoms with Gasteiger partial charge in [0.1, 0.15) is 0 Å². The molecule has 0 radical (unpaired) electrons. The van der Waals surface area contributed by atoms with Crippen LogP contribution >= 0.6 is 12.4 Å². The van der Waals surface area contributed by atoms with Crippen LogP contribution in [0.5, 0.6) is 0 Å². The summed E-state index contributed by atoms with van der Waals surface area (Å²) in [7, 11) is 0. The number of hydrogen-bond donors (Lipinski definition) is 3. The van der Waals surface area contributed by atoms with Crippen LogP contribution in [0.2, 0.25) is 0 Å². The van der Waals surface area contributed by atoms with E-state index in [2.05, 4.69) is 10.6 Å². The van der Waals surface area contributed by atoms with Crippen LogP contribution in [-0.2, 0) is 4.79 Å². The molecule has 116 valence electrons. The SMILES string of the molecule is CC(C)(N)CNC(=O)c1cccc(NC(=O)C2CC2)c1.Cl. The average Bonchev–Trinajstić information content (AvgIpc) is 3.19. The second-order valence-corrected chi connectivity index (χ2v) is 6.02. The lowest BCUT2D eigenvalue weighted by Gasteiger charge is -2.19. The number of benzene rings is 1. The summed E-state index contributed by atoms with van der Waals surface area (Å²) >= 11 is 0. The molecule has 2 rings (SSSR count). The van der Waals surface area contributed by atoms with E-state index in [9.17, 15) is 9.59 Å². The van der Waals surface area contributed by atoms with Crippen molar-refractivity contribution in [3.63, 3.8) is 0 Å². The summed E-state index contributed by atoms with van der Waals surface area (Å²) < 4.78 is 0. The molecular weight excluding hydrogens is 290 g/mol. The molecule has 21 heavy (non-hydrogen) atoms. The number of anilines is 1. The Kier molecular flexibility index (Phi) is 5.75. The lowest BCUT2D eigenvalue weighted by Crippen LogP contribution is -2.45. The molecule has 1 aliphatic carbocycles. The molecule has 1 saturated carbocycles. The highest BCUT2D eigenvalue weighted by Gasteiger charge is 2.29. The van der Waals surface area contributed by atoms with E-state index in [0.29, 0.717) is 17.8 Å². The molecule has 0 spiro atoms. The van der Waals surface area contributed by atoms with Crippen molar-refractivity contribution in [2.45, 2.75) is 32.2 Å². The van der Waals surface area contributed by atoms with Gasteiger partial charge in [-0.2, -0.15) is 0 Å². The minimum absolute atomic E-state index is 0. The van der Waals surface area contributed by atoms with E-state index < -0.39 is 5.54 Å². The molecule has 1 fully saturated rings. The van der Waals surface area contributed by atoms with Crippen LogP contribution in [0.15, 0.2) is 24.3 Å². The van der Waals surface area contributed by atoms with E-state index in [4.69, 9.17) is 5.73 Å². The minimum atomic E-state index is -0.451. The number of carbonyl (C=O) groups excluding carboxylic acids is 2. The Morgan fingerprint density at radius 2 is 2.00 bits per heavy atom. The third-order valence-electron chi connectivity index (χ3n) is 3.04. The van der Waals surface area contributed by atoms with Crippen LogP contribution in [0, 0.1) is 5.92 Å². The van der Waals surface area contributed by atoms with Gasteiger partial charge in [-0.15, -0.1) is 12.4 Å². The van der Waals surface area contributed by atoms with Crippen molar-refractivity contribution in [1.29, 1.82) is 0 Å². The van der Waals surface area contributed by atoms with Gasteiger partial charge in [-0.3, -0.25) is 9.59 Å². The fraction of sp³-hybridized carbons (Fsp3) is 0.467. The summed E-state index contributed by atoms with van der Waals surface area (Å²) in [5.41, 5.74) is 6.55. The first-order valence-electron chi connectivity index (χ1n) is 6.83.